The molecule has 13 heavy (non-hydrogen) atoms. The molecule has 2 fully saturated rings. The number of nitrogens with one attached hydrogen (secondary N) is 2. The van der Waals surface area contributed by atoms with Gasteiger partial charge in [-0.2, -0.15) is 0 Å². The van der Waals surface area contributed by atoms with E-state index in [1.165, 1.54) is 19.3 Å². The molecule has 3 nitrogen and oxygen atoms in total. The van der Waals surface area contributed by atoms with E-state index < -0.39 is 0 Å². The van der Waals surface area contributed by atoms with Gasteiger partial charge in [-0.3, -0.25) is 0 Å². The minimum Gasteiger partial charge on any atom is -0.391 e. The largest absolute Gasteiger partial charge is 0.391 e. The van der Waals surface area contributed by atoms with Crippen LogP contribution in [0.2, 0.25) is 0 Å². The van der Waals surface area contributed by atoms with Crippen LogP contribution in [0.1, 0.15) is 25.7 Å². The lowest BCUT2D eigenvalue weighted by molar-refractivity contribution is 0.107. The summed E-state index contributed by atoms with van der Waals surface area (Å²) in [5, 5.41) is 16.5. The molecule has 0 bridgehead atoms. The first kappa shape index (κ1) is 9.44. The van der Waals surface area contributed by atoms with E-state index in [2.05, 4.69) is 10.6 Å². The van der Waals surface area contributed by atoms with E-state index in [-0.39, 0.29) is 6.10 Å². The Balaban J connectivity index is 1.62. The molecule has 1 saturated heterocycles. The first-order chi connectivity index (χ1) is 6.36. The molecule has 0 aromatic carbocycles. The lowest BCUT2D eigenvalue weighted by atomic mass is 9.92. The molecule has 2 aliphatic rings. The third kappa shape index (κ3) is 2.42. The summed E-state index contributed by atoms with van der Waals surface area (Å²) in [4.78, 5) is 0. The molecule has 1 saturated carbocycles. The van der Waals surface area contributed by atoms with Gasteiger partial charge in [0.1, 0.15) is 0 Å². The van der Waals surface area contributed by atoms with Crippen LogP contribution in [0.15, 0.2) is 0 Å². The molecule has 2 atom stereocenters. The predicted molar refractivity (Wildman–Crippen MR) is 52.6 cm³/mol. The Bertz CT molecular complexity index is 153. The SMILES string of the molecule is OC(CNC1CCC1)C1CCNC1. The zero-order valence-electron chi connectivity index (χ0n) is 8.13. The van der Waals surface area contributed by atoms with E-state index in [0.717, 1.165) is 26.1 Å². The fraction of sp³-hybridized carbons (Fsp3) is 1.00. The number of aliphatic hydroxyl groups excluding tert-OH is 1. The molecule has 1 heterocycles. The number of rotatable bonds is 4. The molecule has 0 amide bonds. The van der Waals surface area contributed by atoms with Gasteiger partial charge in [-0.1, -0.05) is 6.42 Å². The van der Waals surface area contributed by atoms with Gasteiger partial charge in [0.05, 0.1) is 6.10 Å². The van der Waals surface area contributed by atoms with Crippen molar-refractivity contribution in [2.24, 2.45) is 5.92 Å². The zero-order chi connectivity index (χ0) is 9.10. The van der Waals surface area contributed by atoms with Crippen molar-refractivity contribution in [1.82, 2.24) is 10.6 Å². The summed E-state index contributed by atoms with van der Waals surface area (Å²) < 4.78 is 0. The van der Waals surface area contributed by atoms with Gasteiger partial charge in [0.15, 0.2) is 0 Å². The van der Waals surface area contributed by atoms with E-state index in [1.807, 2.05) is 0 Å². The van der Waals surface area contributed by atoms with Crippen LogP contribution in [0.25, 0.3) is 0 Å². The highest BCUT2D eigenvalue weighted by molar-refractivity contribution is 4.82. The van der Waals surface area contributed by atoms with Crippen molar-refractivity contribution in [2.75, 3.05) is 19.6 Å². The maximum absolute atomic E-state index is 9.81. The lowest BCUT2D eigenvalue weighted by Crippen LogP contribution is -2.42. The Labute approximate surface area is 79.9 Å². The Hall–Kier alpha value is -0.120. The number of hydrogen-bond donors (Lipinski definition) is 3. The van der Waals surface area contributed by atoms with Gasteiger partial charge in [0.2, 0.25) is 0 Å². The second-order valence-electron chi connectivity index (χ2n) is 4.36. The summed E-state index contributed by atoms with van der Waals surface area (Å²) in [6, 6.07) is 0.698. The maximum Gasteiger partial charge on any atom is 0.0705 e. The lowest BCUT2D eigenvalue weighted by Gasteiger charge is -2.28. The molecular formula is C10H20N2O. The number of hydrogen-bond acceptors (Lipinski definition) is 3. The fourth-order valence-corrected chi connectivity index (χ4v) is 2.07. The molecule has 2 rings (SSSR count). The molecular weight excluding hydrogens is 164 g/mol. The van der Waals surface area contributed by atoms with Crippen LogP contribution in [0.4, 0.5) is 0 Å². The Morgan fingerprint density at radius 2 is 2.23 bits per heavy atom. The Morgan fingerprint density at radius 1 is 1.38 bits per heavy atom. The smallest absolute Gasteiger partial charge is 0.0705 e. The quantitative estimate of drug-likeness (QED) is 0.580. The molecule has 76 valence electrons. The maximum atomic E-state index is 9.81. The van der Waals surface area contributed by atoms with Crippen molar-refractivity contribution in [2.45, 2.75) is 37.8 Å². The fourth-order valence-electron chi connectivity index (χ4n) is 2.07. The summed E-state index contributed by atoms with van der Waals surface area (Å²) >= 11 is 0. The molecule has 1 aliphatic carbocycles. The Morgan fingerprint density at radius 3 is 2.77 bits per heavy atom. The molecule has 2 unspecified atom stereocenters. The van der Waals surface area contributed by atoms with Gasteiger partial charge in [-0.05, 0) is 31.7 Å². The second kappa shape index (κ2) is 4.40. The molecule has 3 N–H and O–H groups in total. The topological polar surface area (TPSA) is 44.3 Å². The molecule has 0 spiro atoms. The molecule has 1 aliphatic heterocycles. The van der Waals surface area contributed by atoms with E-state index in [0.29, 0.717) is 12.0 Å². The summed E-state index contributed by atoms with van der Waals surface area (Å²) in [5.41, 5.74) is 0. The highest BCUT2D eigenvalue weighted by Gasteiger charge is 2.24. The zero-order valence-corrected chi connectivity index (χ0v) is 8.13. The van der Waals surface area contributed by atoms with Gasteiger partial charge in [-0.25, -0.2) is 0 Å². The van der Waals surface area contributed by atoms with Crippen molar-refractivity contribution in [3.63, 3.8) is 0 Å². The number of aliphatic hydroxyl groups is 1. The minimum absolute atomic E-state index is 0.143. The first-order valence-electron chi connectivity index (χ1n) is 5.48. The summed E-state index contributed by atoms with van der Waals surface area (Å²) in [7, 11) is 0. The second-order valence-corrected chi connectivity index (χ2v) is 4.36. The van der Waals surface area contributed by atoms with E-state index in [1.54, 1.807) is 0 Å². The van der Waals surface area contributed by atoms with E-state index >= 15 is 0 Å². The summed E-state index contributed by atoms with van der Waals surface area (Å²) in [5.74, 6) is 0.479. The van der Waals surface area contributed by atoms with Gasteiger partial charge < -0.3 is 15.7 Å². The van der Waals surface area contributed by atoms with Gasteiger partial charge in [0.25, 0.3) is 0 Å². The molecule has 0 radical (unpaired) electrons. The average molecular weight is 184 g/mol. The third-order valence-electron chi connectivity index (χ3n) is 3.36. The van der Waals surface area contributed by atoms with Crippen LogP contribution < -0.4 is 10.6 Å². The third-order valence-corrected chi connectivity index (χ3v) is 3.36. The van der Waals surface area contributed by atoms with Crippen LogP contribution in [-0.2, 0) is 0 Å². The van der Waals surface area contributed by atoms with Crippen LogP contribution in [0.3, 0.4) is 0 Å². The standard InChI is InChI=1S/C10H20N2O/c13-10(8-4-5-11-6-8)7-12-9-2-1-3-9/h8-13H,1-7H2. The molecule has 0 aromatic rings. The summed E-state index contributed by atoms with van der Waals surface area (Å²) in [6.07, 6.45) is 4.95. The van der Waals surface area contributed by atoms with Crippen molar-refractivity contribution < 1.29 is 5.11 Å². The summed E-state index contributed by atoms with van der Waals surface area (Å²) in [6.45, 7) is 2.86. The van der Waals surface area contributed by atoms with Crippen LogP contribution in [-0.4, -0.2) is 36.9 Å². The van der Waals surface area contributed by atoms with Crippen molar-refractivity contribution in [3.8, 4) is 0 Å². The predicted octanol–water partition coefficient (Wildman–Crippen LogP) is 0.0989. The minimum atomic E-state index is -0.143. The Kier molecular flexibility index (Phi) is 3.19. The van der Waals surface area contributed by atoms with E-state index in [4.69, 9.17) is 0 Å². The van der Waals surface area contributed by atoms with Crippen LogP contribution >= 0.6 is 0 Å². The van der Waals surface area contributed by atoms with E-state index in [9.17, 15) is 5.11 Å². The van der Waals surface area contributed by atoms with Crippen molar-refractivity contribution >= 4 is 0 Å². The molecule has 0 aromatic heterocycles. The monoisotopic (exact) mass is 184 g/mol. The first-order valence-corrected chi connectivity index (χ1v) is 5.48. The normalized spacial score (nSPS) is 31.6. The van der Waals surface area contributed by atoms with Crippen molar-refractivity contribution in [3.05, 3.63) is 0 Å². The molecule has 3 heteroatoms. The average Bonchev–Trinajstić information content (AvgIpc) is 2.52. The van der Waals surface area contributed by atoms with Gasteiger partial charge in [-0.15, -0.1) is 0 Å². The van der Waals surface area contributed by atoms with Crippen LogP contribution in [0.5, 0.6) is 0 Å². The highest BCUT2D eigenvalue weighted by atomic mass is 16.3. The van der Waals surface area contributed by atoms with Crippen LogP contribution in [0, 0.1) is 5.92 Å². The van der Waals surface area contributed by atoms with Crippen molar-refractivity contribution in [1.29, 1.82) is 0 Å². The highest BCUT2D eigenvalue weighted by Crippen LogP contribution is 2.19. The van der Waals surface area contributed by atoms with Gasteiger partial charge in [0, 0.05) is 19.1 Å². The van der Waals surface area contributed by atoms with Gasteiger partial charge >= 0.3 is 0 Å².